The minimum absolute atomic E-state index is 0.243. The molecule has 1 heterocycles. The smallest absolute Gasteiger partial charge is 0.231 e. The van der Waals surface area contributed by atoms with Crippen molar-refractivity contribution < 1.29 is 4.79 Å². The lowest BCUT2D eigenvalue weighted by atomic mass is 10.0. The van der Waals surface area contributed by atoms with Gasteiger partial charge in [0.05, 0.1) is 6.54 Å². The number of benzene rings is 1. The zero-order valence-corrected chi connectivity index (χ0v) is 12.5. The van der Waals surface area contributed by atoms with Crippen LogP contribution in [0.4, 0.5) is 0 Å². The molecule has 0 radical (unpaired) electrons. The predicted octanol–water partition coefficient (Wildman–Crippen LogP) is 1.34. The van der Waals surface area contributed by atoms with Crippen molar-refractivity contribution in [2.75, 3.05) is 19.6 Å². The molecular formula is C16H25N3O. The van der Waals surface area contributed by atoms with Gasteiger partial charge in [-0.1, -0.05) is 29.3 Å². The van der Waals surface area contributed by atoms with E-state index >= 15 is 0 Å². The second-order valence-corrected chi connectivity index (χ2v) is 5.85. The molecule has 2 rings (SSSR count). The summed E-state index contributed by atoms with van der Waals surface area (Å²) in [6.45, 7) is 7.41. The van der Waals surface area contributed by atoms with Crippen LogP contribution in [0.1, 0.15) is 29.5 Å². The Balaban J connectivity index is 2.11. The summed E-state index contributed by atoms with van der Waals surface area (Å²) in [6, 6.07) is 7.01. The van der Waals surface area contributed by atoms with Crippen LogP contribution in [0, 0.1) is 13.8 Å². The van der Waals surface area contributed by atoms with E-state index in [9.17, 15) is 4.79 Å². The Morgan fingerprint density at radius 3 is 2.40 bits per heavy atom. The molecule has 1 aromatic rings. The second kappa shape index (κ2) is 6.86. The number of rotatable bonds is 5. The quantitative estimate of drug-likeness (QED) is 0.852. The van der Waals surface area contributed by atoms with E-state index in [1.54, 1.807) is 0 Å². The Labute approximate surface area is 121 Å². The first-order valence-electron chi connectivity index (χ1n) is 7.35. The summed E-state index contributed by atoms with van der Waals surface area (Å²) >= 11 is 0. The highest BCUT2D eigenvalue weighted by Gasteiger charge is 2.22. The largest absolute Gasteiger partial charge is 0.369 e. The van der Waals surface area contributed by atoms with E-state index in [1.165, 1.54) is 16.7 Å². The van der Waals surface area contributed by atoms with Gasteiger partial charge in [-0.3, -0.25) is 9.69 Å². The minimum atomic E-state index is -0.243. The van der Waals surface area contributed by atoms with E-state index in [0.29, 0.717) is 12.6 Å². The molecule has 0 spiro atoms. The van der Waals surface area contributed by atoms with Crippen molar-refractivity contribution in [1.29, 1.82) is 0 Å². The number of hydrogen-bond donors (Lipinski definition) is 2. The number of hydrogen-bond acceptors (Lipinski definition) is 3. The fraction of sp³-hybridized carbons (Fsp3) is 0.562. The SMILES string of the molecule is Cc1cc(C)cc(CN(CC(N)=O)C2CCNCC2)c1. The van der Waals surface area contributed by atoms with Gasteiger partial charge in [0.15, 0.2) is 0 Å². The van der Waals surface area contributed by atoms with Crippen molar-refractivity contribution in [2.45, 2.75) is 39.3 Å². The molecule has 1 aliphatic heterocycles. The Bertz CT molecular complexity index is 447. The van der Waals surface area contributed by atoms with Gasteiger partial charge in [0.25, 0.3) is 0 Å². The van der Waals surface area contributed by atoms with E-state index in [0.717, 1.165) is 32.5 Å². The van der Waals surface area contributed by atoms with Gasteiger partial charge in [0, 0.05) is 12.6 Å². The molecule has 4 heteroatoms. The average molecular weight is 275 g/mol. The Hall–Kier alpha value is -1.39. The van der Waals surface area contributed by atoms with Crippen LogP contribution in [0.3, 0.4) is 0 Å². The highest BCUT2D eigenvalue weighted by molar-refractivity contribution is 5.76. The number of piperidine rings is 1. The number of carbonyl (C=O) groups is 1. The molecule has 0 saturated carbocycles. The van der Waals surface area contributed by atoms with Crippen molar-refractivity contribution in [2.24, 2.45) is 5.73 Å². The highest BCUT2D eigenvalue weighted by atomic mass is 16.1. The summed E-state index contributed by atoms with van der Waals surface area (Å²) in [4.78, 5) is 13.6. The maximum atomic E-state index is 11.3. The first-order chi connectivity index (χ1) is 9.54. The monoisotopic (exact) mass is 275 g/mol. The molecule has 20 heavy (non-hydrogen) atoms. The molecule has 0 unspecified atom stereocenters. The molecule has 1 fully saturated rings. The number of nitrogens with one attached hydrogen (secondary N) is 1. The van der Waals surface area contributed by atoms with Crippen molar-refractivity contribution in [1.82, 2.24) is 10.2 Å². The topological polar surface area (TPSA) is 58.4 Å². The Morgan fingerprint density at radius 2 is 1.85 bits per heavy atom. The summed E-state index contributed by atoms with van der Waals surface area (Å²) in [5, 5.41) is 3.36. The molecule has 0 bridgehead atoms. The molecule has 1 aromatic carbocycles. The van der Waals surface area contributed by atoms with Crippen molar-refractivity contribution in [3.05, 3.63) is 34.9 Å². The molecule has 4 nitrogen and oxygen atoms in total. The van der Waals surface area contributed by atoms with E-state index in [-0.39, 0.29) is 5.91 Å². The third kappa shape index (κ3) is 4.32. The van der Waals surface area contributed by atoms with Crippen molar-refractivity contribution in [3.63, 3.8) is 0 Å². The van der Waals surface area contributed by atoms with Crippen LogP contribution < -0.4 is 11.1 Å². The fourth-order valence-corrected chi connectivity index (χ4v) is 3.08. The summed E-state index contributed by atoms with van der Waals surface area (Å²) in [5.74, 6) is -0.243. The lowest BCUT2D eigenvalue weighted by Crippen LogP contribution is -2.46. The fourth-order valence-electron chi connectivity index (χ4n) is 3.08. The van der Waals surface area contributed by atoms with Crippen LogP contribution in [-0.4, -0.2) is 36.5 Å². The van der Waals surface area contributed by atoms with Crippen LogP contribution >= 0.6 is 0 Å². The van der Waals surface area contributed by atoms with Crippen molar-refractivity contribution in [3.8, 4) is 0 Å². The highest BCUT2D eigenvalue weighted by Crippen LogP contribution is 2.17. The normalized spacial score (nSPS) is 16.6. The maximum absolute atomic E-state index is 11.3. The van der Waals surface area contributed by atoms with E-state index in [1.807, 2.05) is 0 Å². The first kappa shape index (κ1) is 15.0. The van der Waals surface area contributed by atoms with Gasteiger partial charge in [-0.15, -0.1) is 0 Å². The molecule has 1 aliphatic rings. The standard InChI is InChI=1S/C16H25N3O/c1-12-7-13(2)9-14(8-12)10-19(11-16(17)20)15-3-5-18-6-4-15/h7-9,15,18H,3-6,10-11H2,1-2H3,(H2,17,20). The first-order valence-corrected chi connectivity index (χ1v) is 7.35. The zero-order valence-electron chi connectivity index (χ0n) is 12.5. The molecule has 0 atom stereocenters. The number of nitrogens with two attached hydrogens (primary N) is 1. The molecule has 3 N–H and O–H groups in total. The Kier molecular flexibility index (Phi) is 5.15. The predicted molar refractivity (Wildman–Crippen MR) is 81.4 cm³/mol. The van der Waals surface area contributed by atoms with Gasteiger partial charge in [-0.2, -0.15) is 0 Å². The van der Waals surface area contributed by atoms with Gasteiger partial charge < -0.3 is 11.1 Å². The molecule has 1 amide bonds. The lowest BCUT2D eigenvalue weighted by Gasteiger charge is -2.34. The minimum Gasteiger partial charge on any atom is -0.369 e. The van der Waals surface area contributed by atoms with Crippen LogP contribution in [-0.2, 0) is 11.3 Å². The zero-order chi connectivity index (χ0) is 14.5. The Morgan fingerprint density at radius 1 is 1.25 bits per heavy atom. The van der Waals surface area contributed by atoms with E-state index in [2.05, 4.69) is 42.3 Å². The van der Waals surface area contributed by atoms with Gasteiger partial charge in [-0.25, -0.2) is 0 Å². The second-order valence-electron chi connectivity index (χ2n) is 5.85. The number of aryl methyl sites for hydroxylation is 2. The lowest BCUT2D eigenvalue weighted by molar-refractivity contribution is -0.120. The molecule has 110 valence electrons. The summed E-state index contributed by atoms with van der Waals surface area (Å²) in [5.41, 5.74) is 9.22. The molecule has 0 aromatic heterocycles. The number of carbonyl (C=O) groups excluding carboxylic acids is 1. The molecule has 0 aliphatic carbocycles. The average Bonchev–Trinajstić information content (AvgIpc) is 2.37. The summed E-state index contributed by atoms with van der Waals surface area (Å²) in [7, 11) is 0. The number of amides is 1. The molecule has 1 saturated heterocycles. The van der Waals surface area contributed by atoms with Crippen LogP contribution in [0.2, 0.25) is 0 Å². The summed E-state index contributed by atoms with van der Waals surface area (Å²) in [6.07, 6.45) is 2.16. The van der Waals surface area contributed by atoms with Gasteiger partial charge in [-0.05, 0) is 45.3 Å². The van der Waals surface area contributed by atoms with E-state index in [4.69, 9.17) is 5.73 Å². The van der Waals surface area contributed by atoms with Gasteiger partial charge >= 0.3 is 0 Å². The van der Waals surface area contributed by atoms with Gasteiger partial charge in [0.1, 0.15) is 0 Å². The third-order valence-corrected chi connectivity index (χ3v) is 3.85. The van der Waals surface area contributed by atoms with Crippen molar-refractivity contribution >= 4 is 5.91 Å². The maximum Gasteiger partial charge on any atom is 0.231 e. The summed E-state index contributed by atoms with van der Waals surface area (Å²) < 4.78 is 0. The van der Waals surface area contributed by atoms with E-state index < -0.39 is 0 Å². The third-order valence-electron chi connectivity index (χ3n) is 3.85. The van der Waals surface area contributed by atoms with Gasteiger partial charge in [0.2, 0.25) is 5.91 Å². The molecular weight excluding hydrogens is 250 g/mol. The van der Waals surface area contributed by atoms with Crippen LogP contribution in [0.15, 0.2) is 18.2 Å². The number of primary amides is 1. The van der Waals surface area contributed by atoms with Crippen LogP contribution in [0.25, 0.3) is 0 Å². The number of nitrogens with zero attached hydrogens (tertiary/aromatic N) is 1. The van der Waals surface area contributed by atoms with Crippen LogP contribution in [0.5, 0.6) is 0 Å².